The molecule has 0 saturated heterocycles. The van der Waals surface area contributed by atoms with Gasteiger partial charge in [-0.15, -0.1) is 0 Å². The Bertz CT molecular complexity index is 692. The van der Waals surface area contributed by atoms with E-state index in [4.69, 9.17) is 0 Å². The van der Waals surface area contributed by atoms with E-state index in [0.29, 0.717) is 0 Å². The first kappa shape index (κ1) is 10.3. The predicted octanol–water partition coefficient (Wildman–Crippen LogP) is 2.94. The number of nitrogens with zero attached hydrogens (tertiary/aromatic N) is 1. The Morgan fingerprint density at radius 2 is 2.00 bits per heavy atom. The van der Waals surface area contributed by atoms with E-state index in [2.05, 4.69) is 9.97 Å². The molecule has 3 nitrogen and oxygen atoms in total. The number of pyridine rings is 1. The molecule has 3 heteroatoms. The number of benzene rings is 1. The van der Waals surface area contributed by atoms with E-state index in [-0.39, 0.29) is 0 Å². The molecule has 0 fully saturated rings. The number of nitrogens with one attached hydrogen (secondary N) is 1. The fourth-order valence-corrected chi connectivity index (χ4v) is 2.11. The molecule has 0 spiro atoms. The lowest BCUT2D eigenvalue weighted by Crippen LogP contribution is -2.14. The molecule has 2 N–H and O–H groups in total. The zero-order valence-electron chi connectivity index (χ0n) is 9.86. The van der Waals surface area contributed by atoms with Gasteiger partial charge < -0.3 is 10.1 Å². The summed E-state index contributed by atoms with van der Waals surface area (Å²) in [6.07, 6.45) is 1.77. The summed E-state index contributed by atoms with van der Waals surface area (Å²) in [5.74, 6) is 0. The van der Waals surface area contributed by atoms with Gasteiger partial charge in [0.05, 0.1) is 5.60 Å². The number of aliphatic hydroxyl groups is 1. The Balaban J connectivity index is 2.38. The van der Waals surface area contributed by atoms with Crippen LogP contribution in [0.4, 0.5) is 0 Å². The summed E-state index contributed by atoms with van der Waals surface area (Å²) in [6, 6.07) is 9.92. The number of H-pyrrole nitrogens is 1. The topological polar surface area (TPSA) is 48.9 Å². The molecular formula is C14H14N2O. The van der Waals surface area contributed by atoms with Gasteiger partial charge in [-0.2, -0.15) is 0 Å². The van der Waals surface area contributed by atoms with Crippen molar-refractivity contribution < 1.29 is 5.11 Å². The maximum absolute atomic E-state index is 10.0. The third kappa shape index (κ3) is 1.59. The van der Waals surface area contributed by atoms with Crippen LogP contribution in [0.2, 0.25) is 0 Å². The van der Waals surface area contributed by atoms with Gasteiger partial charge in [0.15, 0.2) is 0 Å². The largest absolute Gasteiger partial charge is 0.386 e. The van der Waals surface area contributed by atoms with Gasteiger partial charge in [-0.1, -0.05) is 6.07 Å². The highest BCUT2D eigenvalue weighted by Crippen LogP contribution is 2.28. The van der Waals surface area contributed by atoms with Crippen LogP contribution < -0.4 is 0 Å². The molecule has 0 aliphatic rings. The number of aromatic nitrogens is 2. The van der Waals surface area contributed by atoms with Crippen molar-refractivity contribution >= 4 is 21.9 Å². The lowest BCUT2D eigenvalue weighted by molar-refractivity contribution is 0.0787. The smallest absolute Gasteiger partial charge is 0.138 e. The lowest BCUT2D eigenvalue weighted by atomic mass is 9.97. The van der Waals surface area contributed by atoms with Crippen molar-refractivity contribution in [3.8, 4) is 0 Å². The third-order valence-electron chi connectivity index (χ3n) is 3.08. The molecule has 0 amide bonds. The van der Waals surface area contributed by atoms with Crippen LogP contribution >= 0.6 is 0 Å². The summed E-state index contributed by atoms with van der Waals surface area (Å²) in [6.45, 7) is 3.59. The molecular weight excluding hydrogens is 212 g/mol. The summed E-state index contributed by atoms with van der Waals surface area (Å²) >= 11 is 0. The Kier molecular flexibility index (Phi) is 2.00. The molecule has 3 aromatic rings. The molecule has 0 saturated carbocycles. The average Bonchev–Trinajstić information content (AvgIpc) is 2.65. The number of rotatable bonds is 1. The van der Waals surface area contributed by atoms with E-state index < -0.39 is 5.60 Å². The molecule has 1 aromatic carbocycles. The van der Waals surface area contributed by atoms with Crippen LogP contribution in [0.1, 0.15) is 19.4 Å². The maximum atomic E-state index is 10.0. The number of hydrogen-bond acceptors (Lipinski definition) is 2. The van der Waals surface area contributed by atoms with Crippen LogP contribution in [0, 0.1) is 0 Å². The highest BCUT2D eigenvalue weighted by molar-refractivity contribution is 6.05. The van der Waals surface area contributed by atoms with E-state index in [9.17, 15) is 5.11 Å². The van der Waals surface area contributed by atoms with Crippen LogP contribution in [0.25, 0.3) is 21.9 Å². The molecule has 0 bridgehead atoms. The summed E-state index contributed by atoms with van der Waals surface area (Å²) in [5.41, 5.74) is 2.02. The molecule has 2 heterocycles. The predicted molar refractivity (Wildman–Crippen MR) is 68.8 cm³/mol. The van der Waals surface area contributed by atoms with Crippen LogP contribution in [-0.2, 0) is 5.60 Å². The zero-order valence-corrected chi connectivity index (χ0v) is 9.86. The first-order chi connectivity index (χ1) is 8.05. The molecule has 2 aromatic heterocycles. The second-order valence-electron chi connectivity index (χ2n) is 4.84. The molecule has 0 aliphatic carbocycles. The SMILES string of the molecule is CC(C)(O)c1ccc2[nH]c3ncccc3c2c1. The van der Waals surface area contributed by atoms with Gasteiger partial charge >= 0.3 is 0 Å². The van der Waals surface area contributed by atoms with Crippen LogP contribution in [0.3, 0.4) is 0 Å². The van der Waals surface area contributed by atoms with Gasteiger partial charge in [0, 0.05) is 22.5 Å². The van der Waals surface area contributed by atoms with Gasteiger partial charge in [0.25, 0.3) is 0 Å². The highest BCUT2D eigenvalue weighted by Gasteiger charge is 2.17. The first-order valence-corrected chi connectivity index (χ1v) is 5.65. The molecule has 0 radical (unpaired) electrons. The molecule has 17 heavy (non-hydrogen) atoms. The molecule has 0 aliphatic heterocycles. The second-order valence-corrected chi connectivity index (χ2v) is 4.84. The first-order valence-electron chi connectivity index (χ1n) is 5.65. The number of hydrogen-bond donors (Lipinski definition) is 2. The Hall–Kier alpha value is -1.87. The third-order valence-corrected chi connectivity index (χ3v) is 3.08. The zero-order chi connectivity index (χ0) is 12.0. The van der Waals surface area contributed by atoms with Gasteiger partial charge in [0.1, 0.15) is 5.65 Å². The van der Waals surface area contributed by atoms with E-state index in [1.54, 1.807) is 20.0 Å². The van der Waals surface area contributed by atoms with Gasteiger partial charge in [-0.25, -0.2) is 4.98 Å². The van der Waals surface area contributed by atoms with Crippen LogP contribution in [0.15, 0.2) is 36.5 Å². The normalized spacial score (nSPS) is 12.4. The van der Waals surface area contributed by atoms with E-state index >= 15 is 0 Å². The Labute approximate surface area is 99.1 Å². The summed E-state index contributed by atoms with van der Waals surface area (Å²) in [4.78, 5) is 7.56. The number of fused-ring (bicyclic) bond motifs is 3. The Morgan fingerprint density at radius 1 is 1.18 bits per heavy atom. The van der Waals surface area contributed by atoms with Gasteiger partial charge in [0.2, 0.25) is 0 Å². The summed E-state index contributed by atoms with van der Waals surface area (Å²) in [5, 5.41) is 12.2. The highest BCUT2D eigenvalue weighted by atomic mass is 16.3. The van der Waals surface area contributed by atoms with Crippen LogP contribution in [-0.4, -0.2) is 15.1 Å². The van der Waals surface area contributed by atoms with E-state index in [0.717, 1.165) is 27.5 Å². The Morgan fingerprint density at radius 3 is 2.76 bits per heavy atom. The van der Waals surface area contributed by atoms with Crippen molar-refractivity contribution in [1.82, 2.24) is 9.97 Å². The average molecular weight is 226 g/mol. The minimum absolute atomic E-state index is 0.819. The van der Waals surface area contributed by atoms with Crippen molar-refractivity contribution in [1.29, 1.82) is 0 Å². The summed E-state index contributed by atoms with van der Waals surface area (Å²) < 4.78 is 0. The minimum Gasteiger partial charge on any atom is -0.386 e. The van der Waals surface area contributed by atoms with Crippen molar-refractivity contribution in [2.45, 2.75) is 19.4 Å². The maximum Gasteiger partial charge on any atom is 0.138 e. The summed E-state index contributed by atoms with van der Waals surface area (Å²) in [7, 11) is 0. The van der Waals surface area contributed by atoms with Crippen molar-refractivity contribution in [3.05, 3.63) is 42.1 Å². The fraction of sp³-hybridized carbons (Fsp3) is 0.214. The quantitative estimate of drug-likeness (QED) is 0.670. The second kappa shape index (κ2) is 3.31. The fourth-order valence-electron chi connectivity index (χ4n) is 2.11. The van der Waals surface area contributed by atoms with Gasteiger partial charge in [-0.05, 0) is 43.7 Å². The van der Waals surface area contributed by atoms with Crippen molar-refractivity contribution in [2.24, 2.45) is 0 Å². The van der Waals surface area contributed by atoms with Crippen molar-refractivity contribution in [2.75, 3.05) is 0 Å². The monoisotopic (exact) mass is 226 g/mol. The van der Waals surface area contributed by atoms with Gasteiger partial charge in [-0.3, -0.25) is 0 Å². The molecule has 3 rings (SSSR count). The minimum atomic E-state index is -0.819. The van der Waals surface area contributed by atoms with Crippen LogP contribution in [0.5, 0.6) is 0 Å². The molecule has 0 atom stereocenters. The molecule has 86 valence electrons. The lowest BCUT2D eigenvalue weighted by Gasteiger charge is -2.17. The number of aromatic amines is 1. The van der Waals surface area contributed by atoms with E-state index in [1.165, 1.54) is 0 Å². The molecule has 0 unspecified atom stereocenters. The van der Waals surface area contributed by atoms with E-state index in [1.807, 2.05) is 30.3 Å². The van der Waals surface area contributed by atoms with Crippen molar-refractivity contribution in [3.63, 3.8) is 0 Å². The standard InChI is InChI=1S/C14H14N2O/c1-14(2,17)9-5-6-12-11(8-9)10-4-3-7-15-13(10)16-12/h3-8,17H,1-2H3,(H,15,16).